The lowest BCUT2D eigenvalue weighted by Gasteiger charge is -2.32. The third-order valence-corrected chi connectivity index (χ3v) is 4.51. The van der Waals surface area contributed by atoms with Gasteiger partial charge in [0.25, 0.3) is 0 Å². The normalized spacial score (nSPS) is 26.1. The van der Waals surface area contributed by atoms with E-state index < -0.39 is 0 Å². The number of piperidine rings is 1. The number of nitrogens with one attached hydrogen (secondary N) is 1. The maximum atomic E-state index is 11.8. The molecule has 21 heavy (non-hydrogen) atoms. The summed E-state index contributed by atoms with van der Waals surface area (Å²) in [6.07, 6.45) is 1.32. The number of quaternary nitrogens is 1. The molecule has 112 valence electrons. The Morgan fingerprint density at radius 3 is 2.62 bits per heavy atom. The smallest absolute Gasteiger partial charge is 0.336 e. The minimum Gasteiger partial charge on any atom is -0.423 e. The first kappa shape index (κ1) is 14.3. The summed E-state index contributed by atoms with van der Waals surface area (Å²) in [6.45, 7) is 9.98. The van der Waals surface area contributed by atoms with Crippen molar-refractivity contribution in [2.45, 2.75) is 33.7 Å². The third kappa shape index (κ3) is 3.18. The summed E-state index contributed by atoms with van der Waals surface area (Å²) < 4.78 is 5.35. The Morgan fingerprint density at radius 1 is 1.19 bits per heavy atom. The maximum Gasteiger partial charge on any atom is 0.336 e. The molecule has 0 radical (unpaired) electrons. The Labute approximate surface area is 125 Å². The standard InChI is InChI=1S/C18H23NO2/c1-12-4-5-16-15(8-18(20)21-17(16)7-12)11-19-9-13(2)6-14(3)10-19/h4-5,7-8,13-14H,6,9-11H2,1-3H3/p+1/t13-,14-/m1/s1. The van der Waals surface area contributed by atoms with Gasteiger partial charge in [0.15, 0.2) is 0 Å². The lowest BCUT2D eigenvalue weighted by molar-refractivity contribution is -0.925. The highest BCUT2D eigenvalue weighted by molar-refractivity contribution is 5.80. The van der Waals surface area contributed by atoms with Gasteiger partial charge in [0.2, 0.25) is 0 Å². The van der Waals surface area contributed by atoms with E-state index in [0.717, 1.165) is 40.5 Å². The third-order valence-electron chi connectivity index (χ3n) is 4.51. The Hall–Kier alpha value is -1.61. The van der Waals surface area contributed by atoms with Crippen molar-refractivity contribution in [3.63, 3.8) is 0 Å². The average Bonchev–Trinajstić information content (AvgIpc) is 2.36. The molecule has 3 heteroatoms. The molecule has 3 nitrogen and oxygen atoms in total. The maximum absolute atomic E-state index is 11.8. The molecule has 1 aliphatic rings. The van der Waals surface area contributed by atoms with Crippen LogP contribution in [0.5, 0.6) is 0 Å². The number of aryl methyl sites for hydroxylation is 1. The summed E-state index contributed by atoms with van der Waals surface area (Å²) in [5.41, 5.74) is 2.73. The van der Waals surface area contributed by atoms with Crippen LogP contribution in [0.15, 0.2) is 33.5 Å². The molecular weight excluding hydrogens is 262 g/mol. The van der Waals surface area contributed by atoms with Gasteiger partial charge in [0.05, 0.1) is 13.1 Å². The van der Waals surface area contributed by atoms with Crippen LogP contribution in [0, 0.1) is 18.8 Å². The van der Waals surface area contributed by atoms with Gasteiger partial charge in [-0.05, 0) is 25.0 Å². The van der Waals surface area contributed by atoms with Crippen molar-refractivity contribution in [2.75, 3.05) is 13.1 Å². The van der Waals surface area contributed by atoms with Crippen molar-refractivity contribution in [3.05, 3.63) is 45.8 Å². The van der Waals surface area contributed by atoms with E-state index in [2.05, 4.69) is 26.0 Å². The number of fused-ring (bicyclic) bond motifs is 1. The second-order valence-corrected chi connectivity index (χ2v) is 6.87. The monoisotopic (exact) mass is 286 g/mol. The zero-order valence-corrected chi connectivity index (χ0v) is 13.1. The predicted molar refractivity (Wildman–Crippen MR) is 84.6 cm³/mol. The molecule has 0 unspecified atom stereocenters. The molecule has 0 bridgehead atoms. The summed E-state index contributed by atoms with van der Waals surface area (Å²) in [6, 6.07) is 7.80. The van der Waals surface area contributed by atoms with Gasteiger partial charge in [0.1, 0.15) is 12.1 Å². The molecule has 0 saturated carbocycles. The van der Waals surface area contributed by atoms with Crippen LogP contribution in [-0.2, 0) is 6.54 Å². The zero-order chi connectivity index (χ0) is 15.0. The van der Waals surface area contributed by atoms with Crippen LogP contribution >= 0.6 is 0 Å². The van der Waals surface area contributed by atoms with Crippen LogP contribution in [0.3, 0.4) is 0 Å². The van der Waals surface area contributed by atoms with Crippen LogP contribution in [-0.4, -0.2) is 13.1 Å². The summed E-state index contributed by atoms with van der Waals surface area (Å²) in [4.78, 5) is 13.4. The van der Waals surface area contributed by atoms with Crippen molar-refractivity contribution in [1.29, 1.82) is 0 Å². The van der Waals surface area contributed by atoms with Crippen molar-refractivity contribution >= 4 is 11.0 Å². The van der Waals surface area contributed by atoms with E-state index in [4.69, 9.17) is 4.42 Å². The Kier molecular flexibility index (Phi) is 3.85. The van der Waals surface area contributed by atoms with E-state index in [1.807, 2.05) is 13.0 Å². The molecule has 3 rings (SSSR count). The quantitative estimate of drug-likeness (QED) is 0.859. The first-order valence-electron chi connectivity index (χ1n) is 7.88. The van der Waals surface area contributed by atoms with Gasteiger partial charge in [0, 0.05) is 28.9 Å². The summed E-state index contributed by atoms with van der Waals surface area (Å²) >= 11 is 0. The highest BCUT2D eigenvalue weighted by Gasteiger charge is 2.25. The molecule has 1 aromatic carbocycles. The van der Waals surface area contributed by atoms with Gasteiger partial charge < -0.3 is 9.32 Å². The Morgan fingerprint density at radius 2 is 1.90 bits per heavy atom. The fraction of sp³-hybridized carbons (Fsp3) is 0.500. The predicted octanol–water partition coefficient (Wildman–Crippen LogP) is 2.16. The van der Waals surface area contributed by atoms with E-state index in [-0.39, 0.29) is 5.63 Å². The molecule has 1 saturated heterocycles. The lowest BCUT2D eigenvalue weighted by atomic mass is 9.91. The van der Waals surface area contributed by atoms with Gasteiger partial charge in [-0.1, -0.05) is 26.0 Å². The molecule has 1 aliphatic heterocycles. The Bertz CT molecular complexity index is 694. The Balaban J connectivity index is 1.95. The first-order chi connectivity index (χ1) is 10.0. The molecule has 2 heterocycles. The summed E-state index contributed by atoms with van der Waals surface area (Å²) in [7, 11) is 0. The molecule has 0 amide bonds. The van der Waals surface area contributed by atoms with Crippen LogP contribution in [0.4, 0.5) is 0 Å². The van der Waals surface area contributed by atoms with E-state index in [0.29, 0.717) is 0 Å². The fourth-order valence-electron chi connectivity index (χ4n) is 3.82. The van der Waals surface area contributed by atoms with Crippen molar-refractivity contribution in [2.24, 2.45) is 11.8 Å². The van der Waals surface area contributed by atoms with Crippen molar-refractivity contribution in [1.82, 2.24) is 0 Å². The van der Waals surface area contributed by atoms with Crippen molar-refractivity contribution in [3.8, 4) is 0 Å². The number of hydrogen-bond donors (Lipinski definition) is 1. The summed E-state index contributed by atoms with van der Waals surface area (Å²) in [5, 5.41) is 1.08. The van der Waals surface area contributed by atoms with Crippen molar-refractivity contribution < 1.29 is 9.32 Å². The van der Waals surface area contributed by atoms with Crippen LogP contribution < -0.4 is 10.5 Å². The van der Waals surface area contributed by atoms with Gasteiger partial charge in [-0.3, -0.25) is 0 Å². The molecule has 2 atom stereocenters. The molecule has 1 fully saturated rings. The minimum absolute atomic E-state index is 0.236. The van der Waals surface area contributed by atoms with Gasteiger partial charge in [-0.25, -0.2) is 4.79 Å². The largest absolute Gasteiger partial charge is 0.423 e. The molecule has 2 aromatic rings. The fourth-order valence-corrected chi connectivity index (χ4v) is 3.82. The van der Waals surface area contributed by atoms with Crippen LogP contribution in [0.25, 0.3) is 11.0 Å². The van der Waals surface area contributed by atoms with E-state index in [9.17, 15) is 4.79 Å². The molecule has 0 aliphatic carbocycles. The zero-order valence-electron chi connectivity index (χ0n) is 13.1. The molecule has 1 N–H and O–H groups in total. The molecule has 0 spiro atoms. The minimum atomic E-state index is -0.236. The molecular formula is C18H24NO2+. The highest BCUT2D eigenvalue weighted by Crippen LogP contribution is 2.19. The lowest BCUT2D eigenvalue weighted by Crippen LogP contribution is -3.13. The van der Waals surface area contributed by atoms with Gasteiger partial charge >= 0.3 is 5.63 Å². The van der Waals surface area contributed by atoms with E-state index >= 15 is 0 Å². The second-order valence-electron chi connectivity index (χ2n) is 6.87. The highest BCUT2D eigenvalue weighted by atomic mass is 16.4. The SMILES string of the molecule is Cc1ccc2c(C[NH+]3C[C@H](C)C[C@@H](C)C3)cc(=O)oc2c1. The summed E-state index contributed by atoms with van der Waals surface area (Å²) in [5.74, 6) is 1.52. The second kappa shape index (κ2) is 5.64. The van der Waals surface area contributed by atoms with Crippen LogP contribution in [0.2, 0.25) is 0 Å². The van der Waals surface area contributed by atoms with Crippen LogP contribution in [0.1, 0.15) is 31.4 Å². The number of likely N-dealkylation sites (tertiary alicyclic amines) is 1. The average molecular weight is 286 g/mol. The van der Waals surface area contributed by atoms with E-state index in [1.54, 1.807) is 11.0 Å². The number of rotatable bonds is 2. The van der Waals surface area contributed by atoms with E-state index in [1.165, 1.54) is 19.5 Å². The first-order valence-corrected chi connectivity index (χ1v) is 7.88. The molecule has 1 aromatic heterocycles. The topological polar surface area (TPSA) is 34.7 Å². The van der Waals surface area contributed by atoms with Gasteiger partial charge in [-0.2, -0.15) is 0 Å². The van der Waals surface area contributed by atoms with Gasteiger partial charge in [-0.15, -0.1) is 0 Å². The number of hydrogen-bond acceptors (Lipinski definition) is 2. The number of benzene rings is 1.